The zero-order valence-electron chi connectivity index (χ0n) is 7.70. The van der Waals surface area contributed by atoms with Gasteiger partial charge in [-0.15, -0.1) is 6.42 Å². The fraction of sp³-hybridized carbons (Fsp3) is 0.300. The topological polar surface area (TPSA) is 42.2 Å². The van der Waals surface area contributed by atoms with Gasteiger partial charge in [0.05, 0.1) is 6.54 Å². The molecule has 0 saturated heterocycles. The molecule has 13 heavy (non-hydrogen) atoms. The van der Waals surface area contributed by atoms with E-state index in [1.807, 2.05) is 24.1 Å². The second-order valence-corrected chi connectivity index (χ2v) is 2.97. The Labute approximate surface area is 78.6 Å². The third kappa shape index (κ3) is 3.14. The highest BCUT2D eigenvalue weighted by molar-refractivity contribution is 5.31. The second-order valence-electron chi connectivity index (χ2n) is 2.97. The van der Waals surface area contributed by atoms with E-state index < -0.39 is 0 Å². The molecule has 0 radical (unpaired) electrons. The van der Waals surface area contributed by atoms with Crippen LogP contribution in [-0.4, -0.2) is 23.5 Å². The third-order valence-electron chi connectivity index (χ3n) is 1.66. The molecular formula is C10H13N3. The van der Waals surface area contributed by atoms with Gasteiger partial charge in [-0.25, -0.2) is 4.98 Å². The number of hydrogen-bond donors (Lipinski definition) is 1. The number of aromatic nitrogens is 1. The van der Waals surface area contributed by atoms with Gasteiger partial charge in [0.2, 0.25) is 0 Å². The Morgan fingerprint density at radius 1 is 1.69 bits per heavy atom. The molecule has 0 bridgehead atoms. The highest BCUT2D eigenvalue weighted by atomic mass is 15.1. The van der Waals surface area contributed by atoms with Crippen LogP contribution >= 0.6 is 0 Å². The number of pyridine rings is 1. The van der Waals surface area contributed by atoms with E-state index in [2.05, 4.69) is 10.9 Å². The predicted molar refractivity (Wildman–Crippen MR) is 53.8 cm³/mol. The van der Waals surface area contributed by atoms with Gasteiger partial charge in [-0.05, 0) is 24.7 Å². The summed E-state index contributed by atoms with van der Waals surface area (Å²) in [6, 6.07) is 3.79. The number of nitrogens with two attached hydrogens (primary N) is 1. The van der Waals surface area contributed by atoms with Gasteiger partial charge in [-0.1, -0.05) is 5.92 Å². The summed E-state index contributed by atoms with van der Waals surface area (Å²) in [5, 5.41) is 0. The van der Waals surface area contributed by atoms with Crippen molar-refractivity contribution < 1.29 is 0 Å². The average Bonchev–Trinajstić information content (AvgIpc) is 2.04. The Morgan fingerprint density at radius 3 is 3.08 bits per heavy atom. The molecule has 3 heteroatoms. The minimum absolute atomic E-state index is 0.548. The van der Waals surface area contributed by atoms with Gasteiger partial charge in [0.25, 0.3) is 0 Å². The number of terminal acetylenes is 1. The monoisotopic (exact) mass is 175 g/mol. The van der Waals surface area contributed by atoms with E-state index in [9.17, 15) is 0 Å². The average molecular weight is 175 g/mol. The van der Waals surface area contributed by atoms with Crippen molar-refractivity contribution in [2.45, 2.75) is 6.54 Å². The molecule has 1 rings (SSSR count). The first-order valence-electron chi connectivity index (χ1n) is 4.05. The molecule has 0 aromatic carbocycles. The van der Waals surface area contributed by atoms with Crippen molar-refractivity contribution in [1.29, 1.82) is 0 Å². The van der Waals surface area contributed by atoms with E-state index >= 15 is 0 Å². The smallest absolute Gasteiger partial charge is 0.123 e. The molecule has 0 aliphatic rings. The molecule has 0 unspecified atom stereocenters. The summed E-state index contributed by atoms with van der Waals surface area (Å²) < 4.78 is 0. The molecule has 2 N–H and O–H groups in total. The van der Waals surface area contributed by atoms with E-state index in [4.69, 9.17) is 12.2 Å². The summed E-state index contributed by atoms with van der Waals surface area (Å²) >= 11 is 0. The van der Waals surface area contributed by atoms with Crippen molar-refractivity contribution in [2.24, 2.45) is 0 Å². The van der Waals surface area contributed by atoms with Crippen LogP contribution in [0.4, 0.5) is 5.82 Å². The first kappa shape index (κ1) is 9.56. The molecule has 0 atom stereocenters. The fourth-order valence-electron chi connectivity index (χ4n) is 1.12. The minimum Gasteiger partial charge on any atom is -0.384 e. The summed E-state index contributed by atoms with van der Waals surface area (Å²) in [6.45, 7) is 1.44. The van der Waals surface area contributed by atoms with Crippen LogP contribution in [0.25, 0.3) is 0 Å². The number of anilines is 1. The Kier molecular flexibility index (Phi) is 3.30. The molecule has 1 aromatic heterocycles. The second kappa shape index (κ2) is 4.48. The Hall–Kier alpha value is -1.53. The quantitative estimate of drug-likeness (QED) is 0.689. The number of nitrogens with zero attached hydrogens (tertiary/aromatic N) is 2. The molecule has 1 aromatic rings. The van der Waals surface area contributed by atoms with Crippen LogP contribution in [0.3, 0.4) is 0 Å². The zero-order valence-corrected chi connectivity index (χ0v) is 7.70. The first-order chi connectivity index (χ1) is 6.22. The lowest BCUT2D eigenvalue weighted by atomic mass is 10.2. The summed E-state index contributed by atoms with van der Waals surface area (Å²) in [5.74, 6) is 3.13. The molecule has 0 saturated carbocycles. The SMILES string of the molecule is C#CCN(C)Cc1ccnc(N)c1. The van der Waals surface area contributed by atoms with Crippen LogP contribution in [0, 0.1) is 12.3 Å². The van der Waals surface area contributed by atoms with Crippen LogP contribution < -0.4 is 5.73 Å². The Bertz CT molecular complexity index is 314. The van der Waals surface area contributed by atoms with Crippen LogP contribution in [0.15, 0.2) is 18.3 Å². The normalized spacial score (nSPS) is 9.92. The Morgan fingerprint density at radius 2 is 2.46 bits per heavy atom. The summed E-state index contributed by atoms with van der Waals surface area (Å²) in [4.78, 5) is 5.95. The van der Waals surface area contributed by atoms with Crippen molar-refractivity contribution in [3.8, 4) is 12.3 Å². The first-order valence-corrected chi connectivity index (χ1v) is 4.05. The van der Waals surface area contributed by atoms with E-state index in [1.54, 1.807) is 6.20 Å². The van der Waals surface area contributed by atoms with Gasteiger partial charge >= 0.3 is 0 Å². The largest absolute Gasteiger partial charge is 0.384 e. The van der Waals surface area contributed by atoms with Crippen molar-refractivity contribution in [1.82, 2.24) is 9.88 Å². The number of rotatable bonds is 3. The van der Waals surface area contributed by atoms with E-state index in [0.717, 1.165) is 12.1 Å². The van der Waals surface area contributed by atoms with Gasteiger partial charge in [-0.2, -0.15) is 0 Å². The lowest BCUT2D eigenvalue weighted by Gasteiger charge is -2.12. The van der Waals surface area contributed by atoms with E-state index in [-0.39, 0.29) is 0 Å². The Balaban J connectivity index is 2.59. The van der Waals surface area contributed by atoms with Crippen molar-refractivity contribution in [3.05, 3.63) is 23.9 Å². The maximum absolute atomic E-state index is 5.54. The lowest BCUT2D eigenvalue weighted by Crippen LogP contribution is -2.17. The van der Waals surface area contributed by atoms with Gasteiger partial charge in [0, 0.05) is 12.7 Å². The summed E-state index contributed by atoms with van der Waals surface area (Å²) in [6.07, 6.45) is 6.89. The van der Waals surface area contributed by atoms with E-state index in [1.165, 1.54) is 0 Å². The molecule has 1 heterocycles. The maximum Gasteiger partial charge on any atom is 0.123 e. The molecule has 68 valence electrons. The fourth-order valence-corrected chi connectivity index (χ4v) is 1.12. The van der Waals surface area contributed by atoms with Crippen LogP contribution in [0.5, 0.6) is 0 Å². The van der Waals surface area contributed by atoms with Crippen LogP contribution in [0.1, 0.15) is 5.56 Å². The molecule has 0 fully saturated rings. The lowest BCUT2D eigenvalue weighted by molar-refractivity contribution is 0.369. The maximum atomic E-state index is 5.54. The van der Waals surface area contributed by atoms with Gasteiger partial charge in [0.15, 0.2) is 0 Å². The minimum atomic E-state index is 0.548. The van der Waals surface area contributed by atoms with Crippen LogP contribution in [0.2, 0.25) is 0 Å². The van der Waals surface area contributed by atoms with Crippen LogP contribution in [-0.2, 0) is 6.54 Å². The molecule has 0 aliphatic carbocycles. The zero-order chi connectivity index (χ0) is 9.68. The van der Waals surface area contributed by atoms with Crippen molar-refractivity contribution in [2.75, 3.05) is 19.3 Å². The van der Waals surface area contributed by atoms with Gasteiger partial charge in [-0.3, -0.25) is 4.90 Å². The summed E-state index contributed by atoms with van der Waals surface area (Å²) in [7, 11) is 1.97. The summed E-state index contributed by atoms with van der Waals surface area (Å²) in [5.41, 5.74) is 6.67. The van der Waals surface area contributed by atoms with Gasteiger partial charge in [0.1, 0.15) is 5.82 Å². The van der Waals surface area contributed by atoms with Crippen molar-refractivity contribution in [3.63, 3.8) is 0 Å². The molecule has 0 spiro atoms. The predicted octanol–water partition coefficient (Wildman–Crippen LogP) is 0.729. The molecule has 0 amide bonds. The molecular weight excluding hydrogens is 162 g/mol. The van der Waals surface area contributed by atoms with E-state index in [0.29, 0.717) is 12.4 Å². The van der Waals surface area contributed by atoms with Gasteiger partial charge < -0.3 is 5.73 Å². The number of nitrogen functional groups attached to an aromatic ring is 1. The van der Waals surface area contributed by atoms with Crippen molar-refractivity contribution >= 4 is 5.82 Å². The standard InChI is InChI=1S/C10H13N3/c1-3-6-13(2)8-9-4-5-12-10(11)7-9/h1,4-5,7H,6,8H2,2H3,(H2,11,12). The molecule has 0 aliphatic heterocycles. The molecule has 3 nitrogen and oxygen atoms in total. The number of hydrogen-bond acceptors (Lipinski definition) is 3. The highest BCUT2D eigenvalue weighted by Crippen LogP contribution is 2.05. The third-order valence-corrected chi connectivity index (χ3v) is 1.66. The highest BCUT2D eigenvalue weighted by Gasteiger charge is 1.98.